The van der Waals surface area contributed by atoms with Crippen LogP contribution in [-0.4, -0.2) is 17.9 Å². The zero-order valence-corrected chi connectivity index (χ0v) is 11.8. The van der Waals surface area contributed by atoms with Crippen LogP contribution < -0.4 is 10.4 Å². The van der Waals surface area contributed by atoms with E-state index in [0.29, 0.717) is 6.42 Å². The van der Waals surface area contributed by atoms with Gasteiger partial charge in [0, 0.05) is 24.1 Å². The molecule has 0 atom stereocenters. The van der Waals surface area contributed by atoms with Gasteiger partial charge in [-0.2, -0.15) is 0 Å². The highest BCUT2D eigenvalue weighted by Crippen LogP contribution is 2.18. The van der Waals surface area contributed by atoms with E-state index in [9.17, 15) is 4.79 Å². The van der Waals surface area contributed by atoms with Crippen LogP contribution in [0.1, 0.15) is 5.56 Å². The van der Waals surface area contributed by atoms with Gasteiger partial charge < -0.3 is 4.98 Å². The van der Waals surface area contributed by atoms with Gasteiger partial charge in [-0.1, -0.05) is 36.4 Å². The number of hydrogen-bond acceptors (Lipinski definition) is 2. The van der Waals surface area contributed by atoms with Crippen LogP contribution in [0.4, 0.5) is 5.69 Å². The molecule has 2 aromatic carbocycles. The predicted octanol–water partition coefficient (Wildman–Crippen LogP) is 2.88. The Balaban J connectivity index is 1.69. The molecule has 2 N–H and O–H groups in total. The lowest BCUT2D eigenvalue weighted by Crippen LogP contribution is -2.40. The maximum atomic E-state index is 12.2. The summed E-state index contributed by atoms with van der Waals surface area (Å²) >= 11 is 0. The summed E-state index contributed by atoms with van der Waals surface area (Å²) in [6, 6.07) is 17.7. The van der Waals surface area contributed by atoms with Crippen molar-refractivity contribution in [2.45, 2.75) is 6.42 Å². The van der Waals surface area contributed by atoms with E-state index in [1.165, 1.54) is 0 Å². The highest BCUT2D eigenvalue weighted by atomic mass is 16.2. The number of benzene rings is 2. The number of hydrogen-bond donors (Lipinski definition) is 2. The van der Waals surface area contributed by atoms with Gasteiger partial charge in [0.1, 0.15) is 0 Å². The van der Waals surface area contributed by atoms with Crippen LogP contribution in [0.2, 0.25) is 0 Å². The number of anilines is 1. The summed E-state index contributed by atoms with van der Waals surface area (Å²) in [6.07, 6.45) is 2.24. The fraction of sp³-hybridized carbons (Fsp3) is 0.118. The van der Waals surface area contributed by atoms with Crippen LogP contribution in [-0.2, 0) is 11.2 Å². The van der Waals surface area contributed by atoms with Gasteiger partial charge in [-0.3, -0.25) is 15.2 Å². The van der Waals surface area contributed by atoms with Crippen molar-refractivity contribution in [2.75, 3.05) is 12.1 Å². The molecule has 0 radical (unpaired) electrons. The van der Waals surface area contributed by atoms with E-state index >= 15 is 0 Å². The lowest BCUT2D eigenvalue weighted by atomic mass is 10.1. The summed E-state index contributed by atoms with van der Waals surface area (Å²) in [4.78, 5) is 15.4. The van der Waals surface area contributed by atoms with E-state index in [-0.39, 0.29) is 5.91 Å². The van der Waals surface area contributed by atoms with Gasteiger partial charge in [0.2, 0.25) is 5.91 Å². The molecule has 4 nitrogen and oxygen atoms in total. The molecule has 21 heavy (non-hydrogen) atoms. The molecule has 1 aromatic heterocycles. The number of hydrazine groups is 1. The molecule has 0 saturated heterocycles. The Kier molecular flexibility index (Phi) is 3.60. The molecule has 106 valence electrons. The molecule has 0 aliphatic heterocycles. The Morgan fingerprint density at radius 1 is 1.10 bits per heavy atom. The number of aromatic amines is 1. The number of aromatic nitrogens is 1. The van der Waals surface area contributed by atoms with Crippen LogP contribution in [0.15, 0.2) is 60.8 Å². The first-order chi connectivity index (χ1) is 10.2. The van der Waals surface area contributed by atoms with E-state index < -0.39 is 0 Å². The lowest BCUT2D eigenvalue weighted by Gasteiger charge is -2.20. The van der Waals surface area contributed by atoms with E-state index in [1.807, 2.05) is 67.8 Å². The normalized spacial score (nSPS) is 10.5. The Labute approximate surface area is 123 Å². The molecule has 0 spiro atoms. The lowest BCUT2D eigenvalue weighted by molar-refractivity contribution is -0.120. The van der Waals surface area contributed by atoms with Crippen LogP contribution >= 0.6 is 0 Å². The molecular formula is C17H17N3O. The van der Waals surface area contributed by atoms with Crippen molar-refractivity contribution >= 4 is 22.5 Å². The fourth-order valence-corrected chi connectivity index (χ4v) is 2.39. The molecule has 3 aromatic rings. The minimum absolute atomic E-state index is 0.0360. The van der Waals surface area contributed by atoms with E-state index in [1.54, 1.807) is 5.01 Å². The standard InChI is InChI=1S/C17H17N3O/c1-20(14-7-3-2-4-8-14)19-17(21)11-13-12-18-16-10-6-5-9-15(13)16/h2-10,12,18H,11H2,1H3,(H,19,21). The quantitative estimate of drug-likeness (QED) is 0.721. The number of para-hydroxylation sites is 2. The number of nitrogens with zero attached hydrogens (tertiary/aromatic N) is 1. The predicted molar refractivity (Wildman–Crippen MR) is 85.0 cm³/mol. The number of H-pyrrole nitrogens is 1. The van der Waals surface area contributed by atoms with E-state index in [0.717, 1.165) is 22.2 Å². The highest BCUT2D eigenvalue weighted by molar-refractivity contribution is 5.89. The van der Waals surface area contributed by atoms with Crippen molar-refractivity contribution in [2.24, 2.45) is 0 Å². The maximum absolute atomic E-state index is 12.2. The van der Waals surface area contributed by atoms with Crippen molar-refractivity contribution in [1.82, 2.24) is 10.4 Å². The second kappa shape index (κ2) is 5.71. The largest absolute Gasteiger partial charge is 0.361 e. The molecule has 1 heterocycles. The second-order valence-electron chi connectivity index (χ2n) is 4.97. The fourth-order valence-electron chi connectivity index (χ4n) is 2.39. The van der Waals surface area contributed by atoms with Crippen molar-refractivity contribution in [3.63, 3.8) is 0 Å². The minimum atomic E-state index is -0.0360. The van der Waals surface area contributed by atoms with Gasteiger partial charge in [-0.05, 0) is 23.8 Å². The number of rotatable bonds is 4. The average molecular weight is 279 g/mol. The average Bonchev–Trinajstić information content (AvgIpc) is 2.91. The number of amides is 1. The van der Waals surface area contributed by atoms with Crippen molar-refractivity contribution in [3.05, 3.63) is 66.4 Å². The van der Waals surface area contributed by atoms with Gasteiger partial charge in [0.25, 0.3) is 0 Å². The Bertz CT molecular complexity index is 749. The summed E-state index contributed by atoms with van der Waals surface area (Å²) in [5.74, 6) is -0.0360. The van der Waals surface area contributed by atoms with Gasteiger partial charge in [0.05, 0.1) is 12.1 Å². The minimum Gasteiger partial charge on any atom is -0.361 e. The zero-order chi connectivity index (χ0) is 14.7. The molecule has 0 fully saturated rings. The second-order valence-corrected chi connectivity index (χ2v) is 4.97. The van der Waals surface area contributed by atoms with Gasteiger partial charge in [-0.25, -0.2) is 0 Å². The third-order valence-electron chi connectivity index (χ3n) is 3.46. The molecule has 0 aliphatic carbocycles. The number of carbonyl (C=O) groups excluding carboxylic acids is 1. The third-order valence-corrected chi connectivity index (χ3v) is 3.46. The van der Waals surface area contributed by atoms with E-state index in [2.05, 4.69) is 10.4 Å². The maximum Gasteiger partial charge on any atom is 0.242 e. The molecular weight excluding hydrogens is 262 g/mol. The highest BCUT2D eigenvalue weighted by Gasteiger charge is 2.10. The summed E-state index contributed by atoms with van der Waals surface area (Å²) in [5, 5.41) is 2.83. The molecule has 4 heteroatoms. The molecule has 1 amide bonds. The number of fused-ring (bicyclic) bond motifs is 1. The van der Waals surface area contributed by atoms with Gasteiger partial charge in [-0.15, -0.1) is 0 Å². The molecule has 0 bridgehead atoms. The van der Waals surface area contributed by atoms with Crippen LogP contribution in [0.5, 0.6) is 0 Å². The van der Waals surface area contributed by atoms with Gasteiger partial charge >= 0.3 is 0 Å². The van der Waals surface area contributed by atoms with Crippen molar-refractivity contribution < 1.29 is 4.79 Å². The van der Waals surface area contributed by atoms with Crippen molar-refractivity contribution in [1.29, 1.82) is 0 Å². The van der Waals surface area contributed by atoms with Gasteiger partial charge in [0.15, 0.2) is 0 Å². The summed E-state index contributed by atoms with van der Waals surface area (Å²) in [7, 11) is 1.84. The third kappa shape index (κ3) is 2.89. The topological polar surface area (TPSA) is 48.1 Å². The first-order valence-electron chi connectivity index (χ1n) is 6.87. The first-order valence-corrected chi connectivity index (χ1v) is 6.87. The smallest absolute Gasteiger partial charge is 0.242 e. The Morgan fingerprint density at radius 2 is 1.81 bits per heavy atom. The SMILES string of the molecule is CN(NC(=O)Cc1c[nH]c2ccccc12)c1ccccc1. The van der Waals surface area contributed by atoms with E-state index in [4.69, 9.17) is 0 Å². The summed E-state index contributed by atoms with van der Waals surface area (Å²) in [5.41, 5.74) is 5.89. The molecule has 0 aliphatic rings. The first kappa shape index (κ1) is 13.2. The Hall–Kier alpha value is -2.75. The van der Waals surface area contributed by atoms with Crippen molar-refractivity contribution in [3.8, 4) is 0 Å². The Morgan fingerprint density at radius 3 is 2.62 bits per heavy atom. The zero-order valence-electron chi connectivity index (χ0n) is 11.8. The molecule has 0 unspecified atom stereocenters. The molecule has 3 rings (SSSR count). The number of nitrogens with one attached hydrogen (secondary N) is 2. The van der Waals surface area contributed by atoms with Crippen LogP contribution in [0, 0.1) is 0 Å². The number of carbonyl (C=O) groups is 1. The van der Waals surface area contributed by atoms with Crippen LogP contribution in [0.3, 0.4) is 0 Å². The monoisotopic (exact) mass is 279 g/mol. The summed E-state index contributed by atoms with van der Waals surface area (Å²) in [6.45, 7) is 0. The molecule has 0 saturated carbocycles. The summed E-state index contributed by atoms with van der Waals surface area (Å²) < 4.78 is 0. The van der Waals surface area contributed by atoms with Crippen LogP contribution in [0.25, 0.3) is 10.9 Å².